The molecule has 0 saturated carbocycles. The number of guanidine groups is 1. The predicted octanol–water partition coefficient (Wildman–Crippen LogP) is 0.671. The van der Waals surface area contributed by atoms with Crippen LogP contribution in [0.1, 0.15) is 12.5 Å². The lowest BCUT2D eigenvalue weighted by atomic mass is 10.2. The van der Waals surface area contributed by atoms with Crippen molar-refractivity contribution >= 4 is 23.8 Å². The van der Waals surface area contributed by atoms with Gasteiger partial charge in [-0.1, -0.05) is 12.1 Å². The van der Waals surface area contributed by atoms with E-state index in [0.717, 1.165) is 6.21 Å². The molecular formula is C10H11N5O3. The molecule has 0 bridgehead atoms. The number of hydrazone groups is 1. The number of carbonyl (C=O) groups is 1. The smallest absolute Gasteiger partial charge is 0.278 e. The molecule has 0 spiro atoms. The molecule has 0 aliphatic rings. The Morgan fingerprint density at radius 1 is 1.56 bits per heavy atom. The molecule has 0 radical (unpaired) electrons. The second-order valence-electron chi connectivity index (χ2n) is 3.28. The molecule has 3 N–H and O–H groups in total. The lowest BCUT2D eigenvalue weighted by Crippen LogP contribution is -2.35. The number of hydrogen-bond acceptors (Lipinski definition) is 5. The van der Waals surface area contributed by atoms with Crippen LogP contribution in [-0.4, -0.2) is 28.0 Å². The van der Waals surface area contributed by atoms with Crippen LogP contribution in [0.4, 0.5) is 5.69 Å². The molecule has 1 rings (SSSR count). The summed E-state index contributed by atoms with van der Waals surface area (Å²) >= 11 is 0. The van der Waals surface area contributed by atoms with Crippen LogP contribution in [0.15, 0.2) is 29.4 Å². The van der Waals surface area contributed by atoms with Gasteiger partial charge in [-0.2, -0.15) is 10.1 Å². The quantitative estimate of drug-likeness (QED) is 0.353. The highest BCUT2D eigenvalue weighted by atomic mass is 16.6. The van der Waals surface area contributed by atoms with Crippen molar-refractivity contribution in [2.75, 3.05) is 0 Å². The topological polar surface area (TPSA) is 126 Å². The number of carbonyl (C=O) groups excluding carboxylic acids is 1. The van der Waals surface area contributed by atoms with E-state index in [1.165, 1.54) is 25.1 Å². The number of amides is 1. The first-order valence-corrected chi connectivity index (χ1v) is 4.85. The van der Waals surface area contributed by atoms with Crippen LogP contribution in [-0.2, 0) is 4.79 Å². The second-order valence-corrected chi connectivity index (χ2v) is 3.28. The molecule has 1 aromatic rings. The molecule has 18 heavy (non-hydrogen) atoms. The Hall–Kier alpha value is -2.77. The van der Waals surface area contributed by atoms with E-state index in [9.17, 15) is 14.9 Å². The summed E-state index contributed by atoms with van der Waals surface area (Å²) in [4.78, 5) is 21.3. The van der Waals surface area contributed by atoms with E-state index in [2.05, 4.69) is 5.10 Å². The molecule has 8 heteroatoms. The Labute approximate surface area is 102 Å². The average Bonchev–Trinajstić information content (AvgIpc) is 2.28. The van der Waals surface area contributed by atoms with Crippen molar-refractivity contribution in [1.82, 2.24) is 5.01 Å². The van der Waals surface area contributed by atoms with E-state index in [1.807, 2.05) is 0 Å². The molecule has 94 valence electrons. The SMILES string of the molecule is CC(=O)N(/N=C/c1ccccc1[N+](=O)[O-])C(=N)N. The number of nitro benzene ring substituents is 1. The summed E-state index contributed by atoms with van der Waals surface area (Å²) in [7, 11) is 0. The van der Waals surface area contributed by atoms with E-state index in [1.54, 1.807) is 6.07 Å². The minimum atomic E-state index is -0.562. The normalized spacial score (nSPS) is 10.3. The summed E-state index contributed by atoms with van der Waals surface area (Å²) in [6, 6.07) is 5.90. The molecule has 0 atom stereocenters. The first kappa shape index (κ1) is 13.3. The number of nitrogens with zero attached hydrogens (tertiary/aromatic N) is 3. The molecule has 0 fully saturated rings. The van der Waals surface area contributed by atoms with Crippen LogP contribution in [0.3, 0.4) is 0 Å². The molecule has 0 saturated heterocycles. The fourth-order valence-corrected chi connectivity index (χ4v) is 1.20. The number of benzene rings is 1. The van der Waals surface area contributed by atoms with Gasteiger partial charge in [-0.15, -0.1) is 0 Å². The Bertz CT molecular complexity index is 512. The van der Waals surface area contributed by atoms with Gasteiger partial charge in [0.25, 0.3) is 5.69 Å². The monoisotopic (exact) mass is 249 g/mol. The molecule has 0 unspecified atom stereocenters. The third-order valence-electron chi connectivity index (χ3n) is 1.97. The first-order valence-electron chi connectivity index (χ1n) is 4.85. The summed E-state index contributed by atoms with van der Waals surface area (Å²) in [5.74, 6) is -1.12. The van der Waals surface area contributed by atoms with Gasteiger partial charge in [0.2, 0.25) is 11.9 Å². The van der Waals surface area contributed by atoms with Gasteiger partial charge in [0.1, 0.15) is 0 Å². The van der Waals surface area contributed by atoms with Gasteiger partial charge in [-0.05, 0) is 6.07 Å². The molecular weight excluding hydrogens is 238 g/mol. The van der Waals surface area contributed by atoms with E-state index in [0.29, 0.717) is 5.01 Å². The lowest BCUT2D eigenvalue weighted by molar-refractivity contribution is -0.385. The van der Waals surface area contributed by atoms with Crippen molar-refractivity contribution in [2.45, 2.75) is 6.92 Å². The van der Waals surface area contributed by atoms with Gasteiger partial charge in [0.15, 0.2) is 0 Å². The standard InChI is InChI=1S/C10H11N5O3/c1-7(16)14(10(11)12)13-6-8-4-2-3-5-9(8)15(17)18/h2-6H,1H3,(H3,11,12)/b13-6+. The number of para-hydroxylation sites is 1. The van der Waals surface area contributed by atoms with Gasteiger partial charge < -0.3 is 5.73 Å². The predicted molar refractivity (Wildman–Crippen MR) is 65.1 cm³/mol. The van der Waals surface area contributed by atoms with Crippen molar-refractivity contribution in [3.05, 3.63) is 39.9 Å². The van der Waals surface area contributed by atoms with Crippen molar-refractivity contribution in [1.29, 1.82) is 5.41 Å². The Balaban J connectivity index is 3.07. The number of nitrogens with two attached hydrogens (primary N) is 1. The molecule has 8 nitrogen and oxygen atoms in total. The minimum Gasteiger partial charge on any atom is -0.368 e. The fraction of sp³-hybridized carbons (Fsp3) is 0.100. The van der Waals surface area contributed by atoms with E-state index >= 15 is 0 Å². The van der Waals surface area contributed by atoms with Crippen molar-refractivity contribution in [2.24, 2.45) is 10.8 Å². The Kier molecular flexibility index (Phi) is 4.08. The van der Waals surface area contributed by atoms with Gasteiger partial charge in [0.05, 0.1) is 16.7 Å². The van der Waals surface area contributed by atoms with Crippen LogP contribution in [0.5, 0.6) is 0 Å². The maximum Gasteiger partial charge on any atom is 0.278 e. The summed E-state index contributed by atoms with van der Waals surface area (Å²) < 4.78 is 0. The van der Waals surface area contributed by atoms with Gasteiger partial charge in [-0.25, -0.2) is 0 Å². The van der Waals surface area contributed by atoms with Gasteiger partial charge in [-0.3, -0.25) is 20.3 Å². The van der Waals surface area contributed by atoms with Crippen molar-refractivity contribution in [3.63, 3.8) is 0 Å². The summed E-state index contributed by atoms with van der Waals surface area (Å²) in [5, 5.41) is 22.1. The first-order chi connectivity index (χ1) is 8.43. The van der Waals surface area contributed by atoms with E-state index < -0.39 is 16.8 Å². The van der Waals surface area contributed by atoms with Crippen LogP contribution in [0, 0.1) is 15.5 Å². The summed E-state index contributed by atoms with van der Waals surface area (Å²) in [6.07, 6.45) is 1.11. The fourth-order valence-electron chi connectivity index (χ4n) is 1.20. The van der Waals surface area contributed by atoms with Gasteiger partial charge >= 0.3 is 0 Å². The third-order valence-corrected chi connectivity index (χ3v) is 1.97. The summed E-state index contributed by atoms with van der Waals surface area (Å²) in [5.41, 5.74) is 5.21. The zero-order chi connectivity index (χ0) is 13.7. The molecule has 1 amide bonds. The maximum atomic E-state index is 11.1. The summed E-state index contributed by atoms with van der Waals surface area (Å²) in [6.45, 7) is 1.18. The Morgan fingerprint density at radius 2 is 2.17 bits per heavy atom. The van der Waals surface area contributed by atoms with Crippen LogP contribution in [0.2, 0.25) is 0 Å². The number of rotatable bonds is 3. The average molecular weight is 249 g/mol. The molecule has 0 aliphatic carbocycles. The number of nitro groups is 1. The highest BCUT2D eigenvalue weighted by Crippen LogP contribution is 2.15. The molecule has 0 aliphatic heterocycles. The second kappa shape index (κ2) is 5.53. The third kappa shape index (κ3) is 3.11. The van der Waals surface area contributed by atoms with Gasteiger partial charge in [0, 0.05) is 13.0 Å². The van der Waals surface area contributed by atoms with Crippen LogP contribution < -0.4 is 5.73 Å². The van der Waals surface area contributed by atoms with Crippen LogP contribution >= 0.6 is 0 Å². The van der Waals surface area contributed by atoms with E-state index in [-0.39, 0.29) is 11.3 Å². The largest absolute Gasteiger partial charge is 0.368 e. The molecule has 1 aromatic carbocycles. The molecule has 0 aromatic heterocycles. The minimum absolute atomic E-state index is 0.145. The maximum absolute atomic E-state index is 11.1. The number of nitrogens with one attached hydrogen (secondary N) is 1. The molecule has 0 heterocycles. The highest BCUT2D eigenvalue weighted by Gasteiger charge is 2.13. The zero-order valence-corrected chi connectivity index (χ0v) is 9.53. The zero-order valence-electron chi connectivity index (χ0n) is 9.53. The highest BCUT2D eigenvalue weighted by molar-refractivity contribution is 5.95. The number of hydrogen-bond donors (Lipinski definition) is 2. The lowest BCUT2D eigenvalue weighted by Gasteiger charge is -2.11. The van der Waals surface area contributed by atoms with Crippen molar-refractivity contribution < 1.29 is 9.72 Å². The Morgan fingerprint density at radius 3 is 2.67 bits per heavy atom. The van der Waals surface area contributed by atoms with E-state index in [4.69, 9.17) is 11.1 Å². The van der Waals surface area contributed by atoms with Crippen molar-refractivity contribution in [3.8, 4) is 0 Å². The van der Waals surface area contributed by atoms with Crippen LogP contribution in [0.25, 0.3) is 0 Å².